The maximum Gasteiger partial charge on any atom is 0.328 e. The summed E-state index contributed by atoms with van der Waals surface area (Å²) < 4.78 is 5.42. The van der Waals surface area contributed by atoms with E-state index >= 15 is 0 Å². The molecule has 2 rings (SSSR count). The van der Waals surface area contributed by atoms with E-state index in [4.69, 9.17) is 9.84 Å². The van der Waals surface area contributed by atoms with Crippen LogP contribution in [0.2, 0.25) is 0 Å². The Hall–Kier alpha value is -1.66. The van der Waals surface area contributed by atoms with E-state index < -0.39 is 5.97 Å². The number of piperidine rings is 1. The van der Waals surface area contributed by atoms with Crippen LogP contribution in [0.1, 0.15) is 27.9 Å². The summed E-state index contributed by atoms with van der Waals surface area (Å²) in [6, 6.07) is 3.51. The smallest absolute Gasteiger partial charge is 0.328 e. The molecule has 114 valence electrons. The van der Waals surface area contributed by atoms with Gasteiger partial charge in [0.25, 0.3) is 5.91 Å². The number of aliphatic carboxylic acids is 1. The zero-order chi connectivity index (χ0) is 15.4. The maximum atomic E-state index is 12.5. The van der Waals surface area contributed by atoms with Crippen LogP contribution in [0.25, 0.3) is 6.08 Å². The summed E-state index contributed by atoms with van der Waals surface area (Å²) in [5.41, 5.74) is 0. The van der Waals surface area contributed by atoms with Gasteiger partial charge in [-0.15, -0.1) is 11.3 Å². The van der Waals surface area contributed by atoms with E-state index in [-0.39, 0.29) is 12.0 Å². The number of rotatable bonds is 4. The largest absolute Gasteiger partial charge is 0.478 e. The maximum absolute atomic E-state index is 12.5. The molecule has 1 saturated heterocycles. The number of carboxylic acid groups (broad SMARTS) is 1. The van der Waals surface area contributed by atoms with Crippen molar-refractivity contribution in [2.24, 2.45) is 5.92 Å². The van der Waals surface area contributed by atoms with Crippen LogP contribution in [-0.4, -0.2) is 48.2 Å². The molecule has 0 bridgehead atoms. The predicted octanol–water partition coefficient (Wildman–Crippen LogP) is 2.34. The van der Waals surface area contributed by atoms with Crippen molar-refractivity contribution < 1.29 is 19.4 Å². The van der Waals surface area contributed by atoms with Crippen molar-refractivity contribution in [1.29, 1.82) is 0 Å². The summed E-state index contributed by atoms with van der Waals surface area (Å²) in [4.78, 5) is 26.1. The number of nitrogens with zero attached hydrogens (tertiary/aromatic N) is 1. The lowest BCUT2D eigenvalue weighted by molar-refractivity contribution is -0.131. The number of thiophene rings is 1. The molecule has 2 unspecified atom stereocenters. The molecule has 1 aliphatic heterocycles. The molecule has 0 spiro atoms. The van der Waals surface area contributed by atoms with Crippen molar-refractivity contribution in [1.82, 2.24) is 4.90 Å². The van der Waals surface area contributed by atoms with Crippen LogP contribution in [0.5, 0.6) is 0 Å². The van der Waals surface area contributed by atoms with Gasteiger partial charge < -0.3 is 14.7 Å². The van der Waals surface area contributed by atoms with Crippen molar-refractivity contribution >= 4 is 29.3 Å². The Morgan fingerprint density at radius 3 is 2.90 bits per heavy atom. The first kappa shape index (κ1) is 15.7. The topological polar surface area (TPSA) is 66.8 Å². The Balaban J connectivity index is 2.05. The van der Waals surface area contributed by atoms with Crippen molar-refractivity contribution in [3.63, 3.8) is 0 Å². The van der Waals surface area contributed by atoms with Gasteiger partial charge in [0.05, 0.1) is 11.0 Å². The van der Waals surface area contributed by atoms with Gasteiger partial charge in [0.2, 0.25) is 0 Å². The SMILES string of the molecule is COC1CN(C(=O)c2ccc(/C=C/C(=O)O)s2)CCC1C. The summed E-state index contributed by atoms with van der Waals surface area (Å²) in [7, 11) is 1.68. The van der Waals surface area contributed by atoms with Crippen molar-refractivity contribution in [3.8, 4) is 0 Å². The van der Waals surface area contributed by atoms with Crippen LogP contribution in [0.3, 0.4) is 0 Å². The Kier molecular flexibility index (Phi) is 5.14. The van der Waals surface area contributed by atoms with Crippen molar-refractivity contribution in [3.05, 3.63) is 28.0 Å². The third-order valence-electron chi connectivity index (χ3n) is 3.71. The molecule has 6 heteroatoms. The molecule has 1 amide bonds. The highest BCUT2D eigenvalue weighted by Gasteiger charge is 2.29. The zero-order valence-corrected chi connectivity index (χ0v) is 12.9. The van der Waals surface area contributed by atoms with Gasteiger partial charge in [-0.2, -0.15) is 0 Å². The van der Waals surface area contributed by atoms with Crippen LogP contribution in [0.15, 0.2) is 18.2 Å². The minimum Gasteiger partial charge on any atom is -0.478 e. The Morgan fingerprint density at radius 2 is 2.24 bits per heavy atom. The highest BCUT2D eigenvalue weighted by atomic mass is 32.1. The lowest BCUT2D eigenvalue weighted by atomic mass is 9.96. The van der Waals surface area contributed by atoms with Crippen LogP contribution < -0.4 is 0 Å². The number of methoxy groups -OCH3 is 1. The van der Waals surface area contributed by atoms with Gasteiger partial charge in [0, 0.05) is 31.2 Å². The van der Waals surface area contributed by atoms with Gasteiger partial charge in [0.15, 0.2) is 0 Å². The Bertz CT molecular complexity index is 552. The fraction of sp³-hybridized carbons (Fsp3) is 0.467. The summed E-state index contributed by atoms with van der Waals surface area (Å²) in [6.45, 7) is 3.47. The number of carboxylic acids is 1. The first-order valence-corrected chi connectivity index (χ1v) is 7.66. The average molecular weight is 309 g/mol. The van der Waals surface area contributed by atoms with Crippen molar-refractivity contribution in [2.45, 2.75) is 19.4 Å². The van der Waals surface area contributed by atoms with E-state index in [1.807, 2.05) is 4.90 Å². The number of likely N-dealkylation sites (tertiary alicyclic amines) is 1. The lowest BCUT2D eigenvalue weighted by Gasteiger charge is -2.36. The first-order chi connectivity index (χ1) is 10.0. The second-order valence-electron chi connectivity index (χ2n) is 5.16. The molecule has 2 heterocycles. The summed E-state index contributed by atoms with van der Waals surface area (Å²) in [5, 5.41) is 8.60. The molecule has 1 aromatic rings. The highest BCUT2D eigenvalue weighted by molar-refractivity contribution is 7.14. The summed E-state index contributed by atoms with van der Waals surface area (Å²) in [5.74, 6) is -0.551. The normalized spacial score (nSPS) is 22.7. The van der Waals surface area contributed by atoms with Crippen molar-refractivity contribution in [2.75, 3.05) is 20.2 Å². The molecule has 21 heavy (non-hydrogen) atoms. The molecule has 1 N–H and O–H groups in total. The Morgan fingerprint density at radius 1 is 1.48 bits per heavy atom. The van der Waals surface area contributed by atoms with Crippen LogP contribution in [-0.2, 0) is 9.53 Å². The molecule has 0 aromatic carbocycles. The molecule has 1 aliphatic rings. The van der Waals surface area contributed by atoms with E-state index in [0.717, 1.165) is 23.9 Å². The summed E-state index contributed by atoms with van der Waals surface area (Å²) in [6.07, 6.45) is 3.58. The average Bonchev–Trinajstić information content (AvgIpc) is 2.93. The first-order valence-electron chi connectivity index (χ1n) is 6.84. The van der Waals surface area contributed by atoms with Gasteiger partial charge in [-0.25, -0.2) is 4.79 Å². The predicted molar refractivity (Wildman–Crippen MR) is 81.5 cm³/mol. The molecule has 0 radical (unpaired) electrons. The number of hydrogen-bond acceptors (Lipinski definition) is 4. The number of carbonyl (C=O) groups excluding carboxylic acids is 1. The molecule has 1 aromatic heterocycles. The van der Waals surface area contributed by atoms with E-state index in [1.54, 1.807) is 19.2 Å². The molecule has 0 saturated carbocycles. The quantitative estimate of drug-likeness (QED) is 0.867. The van der Waals surface area contributed by atoms with E-state index in [9.17, 15) is 9.59 Å². The van der Waals surface area contributed by atoms with E-state index in [2.05, 4.69) is 6.92 Å². The monoisotopic (exact) mass is 309 g/mol. The van der Waals surface area contributed by atoms with E-state index in [1.165, 1.54) is 17.4 Å². The van der Waals surface area contributed by atoms with Gasteiger partial charge in [0.1, 0.15) is 0 Å². The van der Waals surface area contributed by atoms with Gasteiger partial charge in [-0.1, -0.05) is 6.92 Å². The zero-order valence-electron chi connectivity index (χ0n) is 12.1. The van der Waals surface area contributed by atoms with Crippen LogP contribution >= 0.6 is 11.3 Å². The van der Waals surface area contributed by atoms with Gasteiger partial charge in [-0.3, -0.25) is 4.79 Å². The number of carbonyl (C=O) groups is 2. The van der Waals surface area contributed by atoms with Crippen LogP contribution in [0, 0.1) is 5.92 Å². The molecule has 5 nitrogen and oxygen atoms in total. The molecule has 0 aliphatic carbocycles. The fourth-order valence-corrected chi connectivity index (χ4v) is 3.27. The molecule has 1 fully saturated rings. The third-order valence-corrected chi connectivity index (χ3v) is 4.75. The molecular weight excluding hydrogens is 290 g/mol. The standard InChI is InChI=1S/C15H19NO4S/c1-10-7-8-16(9-12(10)20-2)15(19)13-5-3-11(21-13)4-6-14(17)18/h3-6,10,12H,7-9H2,1-2H3,(H,17,18)/b6-4+. The number of hydrogen-bond donors (Lipinski definition) is 1. The highest BCUT2D eigenvalue weighted by Crippen LogP contribution is 2.24. The summed E-state index contributed by atoms with van der Waals surface area (Å²) >= 11 is 1.30. The minimum absolute atomic E-state index is 0.0103. The lowest BCUT2D eigenvalue weighted by Crippen LogP contribution is -2.46. The van der Waals surface area contributed by atoms with Gasteiger partial charge in [-0.05, 0) is 30.5 Å². The van der Waals surface area contributed by atoms with Gasteiger partial charge >= 0.3 is 5.97 Å². The minimum atomic E-state index is -0.996. The molecular formula is C15H19NO4S. The fourth-order valence-electron chi connectivity index (χ4n) is 2.39. The second kappa shape index (κ2) is 6.87. The van der Waals surface area contributed by atoms with E-state index in [0.29, 0.717) is 17.3 Å². The second-order valence-corrected chi connectivity index (χ2v) is 6.28. The third kappa shape index (κ3) is 3.92. The molecule has 2 atom stereocenters. The van der Waals surface area contributed by atoms with Crippen LogP contribution in [0.4, 0.5) is 0 Å². The Labute approximate surface area is 127 Å². The number of amides is 1. The number of ether oxygens (including phenoxy) is 1.